The number of nitrogens with one attached hydrogen (secondary N) is 2. The van der Waals surface area contributed by atoms with Gasteiger partial charge in [0.05, 0.1) is 0 Å². The molecule has 29 heavy (non-hydrogen) atoms. The highest BCUT2D eigenvalue weighted by atomic mass is 32.1. The molecule has 1 fully saturated rings. The Hall–Kier alpha value is -1.98. The summed E-state index contributed by atoms with van der Waals surface area (Å²) in [6.07, 6.45) is 5.82. The van der Waals surface area contributed by atoms with Gasteiger partial charge in [-0.2, -0.15) is 0 Å². The third-order valence-corrected chi connectivity index (χ3v) is 5.91. The second-order valence-electron chi connectivity index (χ2n) is 9.69. The summed E-state index contributed by atoms with van der Waals surface area (Å²) in [6, 6.07) is 10.9. The topological polar surface area (TPSA) is 40.2 Å². The zero-order chi connectivity index (χ0) is 21.2. The molecule has 1 aliphatic rings. The van der Waals surface area contributed by atoms with Crippen LogP contribution < -0.4 is 10.6 Å². The van der Waals surface area contributed by atoms with Crippen LogP contribution in [0.5, 0.6) is 0 Å². The highest BCUT2D eigenvalue weighted by Crippen LogP contribution is 2.33. The molecule has 1 aromatic carbocycles. The molecule has 2 aromatic rings. The van der Waals surface area contributed by atoms with Crippen molar-refractivity contribution in [1.82, 2.24) is 15.2 Å². The summed E-state index contributed by atoms with van der Waals surface area (Å²) in [5.41, 5.74) is 4.81. The first-order valence-corrected chi connectivity index (χ1v) is 10.8. The molecule has 4 nitrogen and oxygen atoms in total. The molecule has 5 heteroatoms. The van der Waals surface area contributed by atoms with E-state index >= 15 is 0 Å². The van der Waals surface area contributed by atoms with Crippen molar-refractivity contribution >= 4 is 23.0 Å². The third-order valence-electron chi connectivity index (χ3n) is 5.57. The van der Waals surface area contributed by atoms with Gasteiger partial charge in [-0.15, -0.1) is 0 Å². The molecule has 2 N–H and O–H groups in total. The Labute approximate surface area is 181 Å². The molecule has 1 aliphatic heterocycles. The molecule has 2 heterocycles. The molecule has 0 unspecified atom stereocenters. The van der Waals surface area contributed by atoms with Crippen LogP contribution in [0.4, 0.5) is 5.69 Å². The van der Waals surface area contributed by atoms with E-state index in [1.165, 1.54) is 16.7 Å². The van der Waals surface area contributed by atoms with Crippen molar-refractivity contribution in [2.45, 2.75) is 78.0 Å². The number of thiocarbonyl (C=S) groups is 1. The summed E-state index contributed by atoms with van der Waals surface area (Å²) < 4.78 is 0. The zero-order valence-corrected chi connectivity index (χ0v) is 19.4. The van der Waals surface area contributed by atoms with Crippen LogP contribution in [0, 0.1) is 13.8 Å². The van der Waals surface area contributed by atoms with Crippen LogP contribution >= 0.6 is 12.2 Å². The SMILES string of the molecule is Cc1ccc(NC(=S)N(Cc2cccnc2)C2CC(C)(C)NC(C)(C)C2)c(C)c1. The molecule has 0 atom stereocenters. The molecule has 0 amide bonds. The second kappa shape index (κ2) is 8.41. The third kappa shape index (κ3) is 5.77. The van der Waals surface area contributed by atoms with Crippen LogP contribution in [0.3, 0.4) is 0 Å². The molecule has 0 spiro atoms. The maximum Gasteiger partial charge on any atom is 0.173 e. The van der Waals surface area contributed by atoms with Gasteiger partial charge >= 0.3 is 0 Å². The predicted octanol–water partition coefficient (Wildman–Crippen LogP) is 5.21. The number of benzene rings is 1. The number of aryl methyl sites for hydroxylation is 2. The van der Waals surface area contributed by atoms with Crippen LogP contribution in [0.15, 0.2) is 42.7 Å². The van der Waals surface area contributed by atoms with Crippen molar-refractivity contribution in [3.63, 3.8) is 0 Å². The van der Waals surface area contributed by atoms with Gasteiger partial charge in [-0.3, -0.25) is 4.98 Å². The van der Waals surface area contributed by atoms with E-state index in [2.05, 4.69) is 86.3 Å². The lowest BCUT2D eigenvalue weighted by atomic mass is 9.79. The highest BCUT2D eigenvalue weighted by molar-refractivity contribution is 7.80. The van der Waals surface area contributed by atoms with Crippen molar-refractivity contribution in [3.05, 3.63) is 59.4 Å². The lowest BCUT2D eigenvalue weighted by molar-refractivity contribution is 0.101. The molecule has 0 bridgehead atoms. The molecule has 0 saturated carbocycles. The van der Waals surface area contributed by atoms with E-state index in [-0.39, 0.29) is 11.1 Å². The van der Waals surface area contributed by atoms with Gasteiger partial charge in [0.25, 0.3) is 0 Å². The summed E-state index contributed by atoms with van der Waals surface area (Å²) in [4.78, 5) is 6.66. The van der Waals surface area contributed by atoms with Crippen molar-refractivity contribution in [2.75, 3.05) is 5.32 Å². The number of nitrogens with zero attached hydrogens (tertiary/aromatic N) is 2. The van der Waals surface area contributed by atoms with E-state index in [4.69, 9.17) is 12.2 Å². The normalized spacial score (nSPS) is 18.3. The zero-order valence-electron chi connectivity index (χ0n) is 18.5. The minimum absolute atomic E-state index is 0.0506. The average Bonchev–Trinajstić information content (AvgIpc) is 2.60. The molecule has 1 saturated heterocycles. The van der Waals surface area contributed by atoms with Gasteiger partial charge in [0.15, 0.2) is 5.11 Å². The van der Waals surface area contributed by atoms with E-state index in [1.807, 2.05) is 18.5 Å². The second-order valence-corrected chi connectivity index (χ2v) is 10.1. The Kier molecular flexibility index (Phi) is 6.30. The number of anilines is 1. The van der Waals surface area contributed by atoms with Crippen LogP contribution in [-0.4, -0.2) is 32.1 Å². The number of aromatic nitrogens is 1. The summed E-state index contributed by atoms with van der Waals surface area (Å²) in [7, 11) is 0. The van der Waals surface area contributed by atoms with Gasteiger partial charge in [-0.1, -0.05) is 23.8 Å². The molecule has 1 aromatic heterocycles. The summed E-state index contributed by atoms with van der Waals surface area (Å²) in [5, 5.41) is 8.09. The van der Waals surface area contributed by atoms with Crippen molar-refractivity contribution in [3.8, 4) is 0 Å². The van der Waals surface area contributed by atoms with Crippen molar-refractivity contribution in [2.24, 2.45) is 0 Å². The molecular weight excluding hydrogens is 376 g/mol. The molecular formula is C24H34N4S. The molecule has 0 radical (unpaired) electrons. The first-order chi connectivity index (χ1) is 13.5. The van der Waals surface area contributed by atoms with Crippen molar-refractivity contribution in [1.29, 1.82) is 0 Å². The van der Waals surface area contributed by atoms with Gasteiger partial charge in [0.1, 0.15) is 0 Å². The fourth-order valence-corrected chi connectivity index (χ4v) is 5.01. The van der Waals surface area contributed by atoms with Gasteiger partial charge < -0.3 is 15.5 Å². The molecule has 156 valence electrons. The molecule has 0 aliphatic carbocycles. The highest BCUT2D eigenvalue weighted by Gasteiger charge is 2.40. The van der Waals surface area contributed by atoms with Gasteiger partial charge in [0.2, 0.25) is 0 Å². The Morgan fingerprint density at radius 1 is 1.17 bits per heavy atom. The van der Waals surface area contributed by atoms with Crippen LogP contribution in [0.25, 0.3) is 0 Å². The van der Waals surface area contributed by atoms with Crippen molar-refractivity contribution < 1.29 is 0 Å². The number of hydrogen-bond acceptors (Lipinski definition) is 3. The maximum absolute atomic E-state index is 5.95. The van der Waals surface area contributed by atoms with Gasteiger partial charge in [0, 0.05) is 41.7 Å². The lowest BCUT2D eigenvalue weighted by Crippen LogP contribution is -2.63. The fraction of sp³-hybridized carbons (Fsp3) is 0.500. The van der Waals surface area contributed by atoms with Crippen LogP contribution in [0.2, 0.25) is 0 Å². The number of pyridine rings is 1. The minimum atomic E-state index is 0.0506. The monoisotopic (exact) mass is 410 g/mol. The Morgan fingerprint density at radius 2 is 1.86 bits per heavy atom. The average molecular weight is 411 g/mol. The maximum atomic E-state index is 5.95. The largest absolute Gasteiger partial charge is 0.342 e. The summed E-state index contributed by atoms with van der Waals surface area (Å²) in [6.45, 7) is 14.1. The number of piperidine rings is 1. The minimum Gasteiger partial charge on any atom is -0.342 e. The summed E-state index contributed by atoms with van der Waals surface area (Å²) in [5.74, 6) is 0. The van der Waals surface area contributed by atoms with Crippen LogP contribution in [-0.2, 0) is 6.54 Å². The number of hydrogen-bond donors (Lipinski definition) is 2. The van der Waals surface area contributed by atoms with E-state index in [1.54, 1.807) is 0 Å². The van der Waals surface area contributed by atoms with Gasteiger partial charge in [-0.25, -0.2) is 0 Å². The standard InChI is InChI=1S/C24H34N4S/c1-17-9-10-21(18(2)12-17)26-22(29)28(16-19-8-7-11-25-15-19)20-13-23(3,4)27-24(5,6)14-20/h7-12,15,20,27H,13-14,16H2,1-6H3,(H,26,29). The first kappa shape index (κ1) is 21.7. The molecule has 3 rings (SSSR count). The summed E-state index contributed by atoms with van der Waals surface area (Å²) >= 11 is 5.95. The van der Waals surface area contributed by atoms with Crippen LogP contribution in [0.1, 0.15) is 57.2 Å². The fourth-order valence-electron chi connectivity index (χ4n) is 4.68. The Bertz CT molecular complexity index is 844. The van der Waals surface area contributed by atoms with E-state index in [0.29, 0.717) is 6.04 Å². The van der Waals surface area contributed by atoms with E-state index < -0.39 is 0 Å². The lowest BCUT2D eigenvalue weighted by Gasteiger charge is -2.50. The smallest absolute Gasteiger partial charge is 0.173 e. The predicted molar refractivity (Wildman–Crippen MR) is 126 cm³/mol. The van der Waals surface area contributed by atoms with Gasteiger partial charge in [-0.05, 0) is 89.9 Å². The Morgan fingerprint density at radius 3 is 2.45 bits per heavy atom. The van der Waals surface area contributed by atoms with E-state index in [9.17, 15) is 0 Å². The first-order valence-electron chi connectivity index (χ1n) is 10.4. The Balaban J connectivity index is 1.89. The quantitative estimate of drug-likeness (QED) is 0.678. The number of rotatable bonds is 4. The van der Waals surface area contributed by atoms with E-state index in [0.717, 1.165) is 30.2 Å².